The van der Waals surface area contributed by atoms with Crippen molar-refractivity contribution in [3.05, 3.63) is 0 Å². The molecular formula is C18H33F3N4. The summed E-state index contributed by atoms with van der Waals surface area (Å²) in [5, 5.41) is 6.61. The molecule has 25 heavy (non-hydrogen) atoms. The van der Waals surface area contributed by atoms with Gasteiger partial charge in [0.25, 0.3) is 0 Å². The molecule has 1 unspecified atom stereocenters. The quantitative estimate of drug-likeness (QED) is 0.539. The molecule has 0 amide bonds. The average Bonchev–Trinajstić information content (AvgIpc) is 3.18. The van der Waals surface area contributed by atoms with Crippen LogP contribution < -0.4 is 10.6 Å². The number of likely N-dealkylation sites (tertiary alicyclic amines) is 1. The van der Waals surface area contributed by atoms with Gasteiger partial charge in [-0.1, -0.05) is 19.8 Å². The largest absolute Gasteiger partial charge is 0.401 e. The van der Waals surface area contributed by atoms with Gasteiger partial charge in [0.1, 0.15) is 0 Å². The van der Waals surface area contributed by atoms with E-state index in [-0.39, 0.29) is 5.92 Å². The van der Waals surface area contributed by atoms with Crippen molar-refractivity contribution in [1.29, 1.82) is 0 Å². The fourth-order valence-corrected chi connectivity index (χ4v) is 4.05. The Bertz CT molecular complexity index is 431. The highest BCUT2D eigenvalue weighted by Gasteiger charge is 2.34. The Morgan fingerprint density at radius 3 is 2.52 bits per heavy atom. The molecule has 0 spiro atoms. The second-order valence-electron chi connectivity index (χ2n) is 7.64. The first-order valence-corrected chi connectivity index (χ1v) is 9.67. The van der Waals surface area contributed by atoms with Crippen molar-refractivity contribution in [3.63, 3.8) is 0 Å². The Kier molecular flexibility index (Phi) is 7.40. The van der Waals surface area contributed by atoms with Gasteiger partial charge >= 0.3 is 6.18 Å². The third-order valence-electron chi connectivity index (χ3n) is 5.66. The summed E-state index contributed by atoms with van der Waals surface area (Å²) >= 11 is 0. The van der Waals surface area contributed by atoms with E-state index < -0.39 is 12.7 Å². The van der Waals surface area contributed by atoms with Crippen molar-refractivity contribution in [3.8, 4) is 0 Å². The van der Waals surface area contributed by atoms with Gasteiger partial charge in [0.15, 0.2) is 5.96 Å². The summed E-state index contributed by atoms with van der Waals surface area (Å²) in [5.41, 5.74) is 0.346. The van der Waals surface area contributed by atoms with Crippen molar-refractivity contribution >= 4 is 5.96 Å². The van der Waals surface area contributed by atoms with Crippen LogP contribution in [0.3, 0.4) is 0 Å². The molecular weight excluding hydrogens is 329 g/mol. The highest BCUT2D eigenvalue weighted by atomic mass is 19.4. The van der Waals surface area contributed by atoms with E-state index in [1.54, 1.807) is 0 Å². The van der Waals surface area contributed by atoms with Gasteiger partial charge < -0.3 is 10.6 Å². The third-order valence-corrected chi connectivity index (χ3v) is 5.66. The molecule has 1 aliphatic heterocycles. The van der Waals surface area contributed by atoms with Crippen LogP contribution >= 0.6 is 0 Å². The summed E-state index contributed by atoms with van der Waals surface area (Å²) < 4.78 is 37.4. The van der Waals surface area contributed by atoms with Gasteiger partial charge in [-0.15, -0.1) is 0 Å². The van der Waals surface area contributed by atoms with Gasteiger partial charge in [-0.25, -0.2) is 0 Å². The molecule has 2 aliphatic rings. The molecule has 2 rings (SSSR count). The minimum absolute atomic E-state index is 0.248. The molecule has 0 bridgehead atoms. The van der Waals surface area contributed by atoms with Crippen LogP contribution in [0.15, 0.2) is 4.99 Å². The Labute approximate surface area is 149 Å². The molecule has 1 saturated carbocycles. The van der Waals surface area contributed by atoms with Gasteiger partial charge in [0.2, 0.25) is 0 Å². The van der Waals surface area contributed by atoms with Crippen molar-refractivity contribution in [2.24, 2.45) is 16.3 Å². The number of aliphatic imine (C=N–C) groups is 1. The van der Waals surface area contributed by atoms with Crippen molar-refractivity contribution in [2.45, 2.75) is 58.5 Å². The summed E-state index contributed by atoms with van der Waals surface area (Å²) in [6.07, 6.45) is 2.96. The first kappa shape index (κ1) is 20.3. The van der Waals surface area contributed by atoms with E-state index >= 15 is 0 Å². The number of hydrogen-bond acceptors (Lipinski definition) is 2. The Hall–Kier alpha value is -0.980. The van der Waals surface area contributed by atoms with Crippen LogP contribution in [0.25, 0.3) is 0 Å². The second-order valence-corrected chi connectivity index (χ2v) is 7.64. The number of hydrogen-bond donors (Lipinski definition) is 2. The standard InChI is InChI=1S/C18H33F3N4/c1-3-17(8-5-6-9-17)13-24-16(22-4-2)23-11-15-7-10-25(12-15)14-18(19,20)21/h15H,3-14H2,1-2H3,(H2,22,23,24). The molecule has 1 heterocycles. The van der Waals surface area contributed by atoms with Crippen LogP contribution in [0, 0.1) is 11.3 Å². The summed E-state index contributed by atoms with van der Waals surface area (Å²) in [7, 11) is 0. The van der Waals surface area contributed by atoms with E-state index in [2.05, 4.69) is 17.6 Å². The SMILES string of the molecule is CCNC(=NCC1(CC)CCCC1)NCC1CCN(CC(F)(F)F)C1. The first-order valence-electron chi connectivity index (χ1n) is 9.67. The average molecular weight is 362 g/mol. The van der Waals surface area contributed by atoms with Gasteiger partial charge in [0.05, 0.1) is 6.54 Å². The highest BCUT2D eigenvalue weighted by molar-refractivity contribution is 5.79. The van der Waals surface area contributed by atoms with Crippen molar-refractivity contribution < 1.29 is 13.2 Å². The van der Waals surface area contributed by atoms with E-state index in [0.717, 1.165) is 31.9 Å². The van der Waals surface area contributed by atoms with E-state index in [4.69, 9.17) is 4.99 Å². The summed E-state index contributed by atoms with van der Waals surface area (Å²) in [6.45, 7) is 6.82. The van der Waals surface area contributed by atoms with Crippen LogP contribution in [0.4, 0.5) is 13.2 Å². The van der Waals surface area contributed by atoms with Gasteiger partial charge in [0, 0.05) is 26.2 Å². The minimum Gasteiger partial charge on any atom is -0.357 e. The monoisotopic (exact) mass is 362 g/mol. The summed E-state index contributed by atoms with van der Waals surface area (Å²) in [5.74, 6) is 1.05. The van der Waals surface area contributed by atoms with E-state index in [9.17, 15) is 13.2 Å². The zero-order chi connectivity index (χ0) is 18.3. The summed E-state index contributed by atoms with van der Waals surface area (Å²) in [6, 6.07) is 0. The molecule has 2 fully saturated rings. The molecule has 0 radical (unpaired) electrons. The van der Waals surface area contributed by atoms with Crippen LogP contribution in [0.2, 0.25) is 0 Å². The molecule has 1 aliphatic carbocycles. The fourth-order valence-electron chi connectivity index (χ4n) is 4.05. The molecule has 7 heteroatoms. The molecule has 0 aromatic carbocycles. The Morgan fingerprint density at radius 2 is 1.92 bits per heavy atom. The number of halogens is 3. The minimum atomic E-state index is -4.10. The Balaban J connectivity index is 1.80. The molecule has 4 nitrogen and oxygen atoms in total. The zero-order valence-electron chi connectivity index (χ0n) is 15.6. The number of guanidine groups is 1. The third kappa shape index (κ3) is 6.68. The van der Waals surface area contributed by atoms with Crippen LogP contribution in [-0.2, 0) is 0 Å². The molecule has 146 valence electrons. The molecule has 0 aromatic rings. The lowest BCUT2D eigenvalue weighted by Gasteiger charge is -2.26. The lowest BCUT2D eigenvalue weighted by Crippen LogP contribution is -2.41. The van der Waals surface area contributed by atoms with Crippen LogP contribution in [0.5, 0.6) is 0 Å². The number of nitrogens with one attached hydrogen (secondary N) is 2. The van der Waals surface area contributed by atoms with Crippen molar-refractivity contribution in [2.75, 3.05) is 39.3 Å². The number of nitrogens with zero attached hydrogens (tertiary/aromatic N) is 2. The predicted octanol–water partition coefficient (Wildman–Crippen LogP) is 3.40. The van der Waals surface area contributed by atoms with Crippen molar-refractivity contribution in [1.82, 2.24) is 15.5 Å². The smallest absolute Gasteiger partial charge is 0.357 e. The van der Waals surface area contributed by atoms with E-state index in [0.29, 0.717) is 25.0 Å². The number of alkyl halides is 3. The first-order chi connectivity index (χ1) is 11.9. The fraction of sp³-hybridized carbons (Fsp3) is 0.944. The lowest BCUT2D eigenvalue weighted by molar-refractivity contribution is -0.143. The van der Waals surface area contributed by atoms with E-state index in [1.165, 1.54) is 30.6 Å². The maximum Gasteiger partial charge on any atom is 0.401 e. The lowest BCUT2D eigenvalue weighted by atomic mass is 9.84. The molecule has 1 atom stereocenters. The predicted molar refractivity (Wildman–Crippen MR) is 95.8 cm³/mol. The maximum atomic E-state index is 12.5. The topological polar surface area (TPSA) is 39.7 Å². The normalized spacial score (nSPS) is 24.7. The molecule has 2 N–H and O–H groups in total. The highest BCUT2D eigenvalue weighted by Crippen LogP contribution is 2.41. The van der Waals surface area contributed by atoms with Gasteiger partial charge in [-0.2, -0.15) is 13.2 Å². The molecule has 0 aromatic heterocycles. The number of rotatable bonds is 7. The Morgan fingerprint density at radius 1 is 1.20 bits per heavy atom. The van der Waals surface area contributed by atoms with Crippen LogP contribution in [0.1, 0.15) is 52.4 Å². The molecule has 1 saturated heterocycles. The zero-order valence-corrected chi connectivity index (χ0v) is 15.6. The van der Waals surface area contributed by atoms with E-state index in [1.807, 2.05) is 6.92 Å². The maximum absolute atomic E-state index is 12.5. The van der Waals surface area contributed by atoms with Gasteiger partial charge in [-0.05, 0) is 50.5 Å². The summed E-state index contributed by atoms with van der Waals surface area (Å²) in [4.78, 5) is 6.28. The van der Waals surface area contributed by atoms with Crippen LogP contribution in [-0.4, -0.2) is 56.3 Å². The second kappa shape index (κ2) is 9.10. The van der Waals surface area contributed by atoms with Gasteiger partial charge in [-0.3, -0.25) is 9.89 Å².